The van der Waals surface area contributed by atoms with Gasteiger partial charge in [-0.2, -0.15) is 0 Å². The third-order valence-corrected chi connectivity index (χ3v) is 3.51. The molecule has 1 N–H and O–H groups in total. The summed E-state index contributed by atoms with van der Waals surface area (Å²) < 4.78 is 9.78. The SMILES string of the molecule is CCOC(=O)CC[C@H](NC(=O)c1ccc(N(C)C=O)cc1)C(=O)OCC. The van der Waals surface area contributed by atoms with Crippen LogP contribution < -0.4 is 10.2 Å². The number of amides is 2. The normalized spacial score (nSPS) is 11.2. The van der Waals surface area contributed by atoms with E-state index in [9.17, 15) is 19.2 Å². The van der Waals surface area contributed by atoms with Gasteiger partial charge in [0.25, 0.3) is 5.91 Å². The summed E-state index contributed by atoms with van der Waals surface area (Å²) in [6.45, 7) is 3.76. The van der Waals surface area contributed by atoms with E-state index in [1.54, 1.807) is 33.0 Å². The van der Waals surface area contributed by atoms with Crippen LogP contribution in [0.5, 0.6) is 0 Å². The second kappa shape index (κ2) is 10.9. The highest BCUT2D eigenvalue weighted by atomic mass is 16.5. The van der Waals surface area contributed by atoms with E-state index < -0.39 is 23.9 Å². The summed E-state index contributed by atoms with van der Waals surface area (Å²) in [4.78, 5) is 48.0. The van der Waals surface area contributed by atoms with Gasteiger partial charge in [0.05, 0.1) is 13.2 Å². The van der Waals surface area contributed by atoms with Gasteiger partial charge >= 0.3 is 11.9 Å². The Bertz CT molecular complexity index is 629. The minimum atomic E-state index is -0.954. The molecule has 0 fully saturated rings. The average Bonchev–Trinajstić information content (AvgIpc) is 2.64. The lowest BCUT2D eigenvalue weighted by atomic mass is 10.1. The molecule has 8 heteroatoms. The van der Waals surface area contributed by atoms with Gasteiger partial charge < -0.3 is 19.7 Å². The number of benzene rings is 1. The number of nitrogens with zero attached hydrogens (tertiary/aromatic N) is 1. The van der Waals surface area contributed by atoms with Crippen molar-refractivity contribution >= 4 is 29.9 Å². The fourth-order valence-corrected chi connectivity index (χ4v) is 2.14. The molecule has 1 aromatic carbocycles. The smallest absolute Gasteiger partial charge is 0.328 e. The van der Waals surface area contributed by atoms with E-state index in [1.165, 1.54) is 17.0 Å². The van der Waals surface area contributed by atoms with Crippen LogP contribution in [0.15, 0.2) is 24.3 Å². The maximum atomic E-state index is 12.4. The van der Waals surface area contributed by atoms with E-state index in [0.29, 0.717) is 17.7 Å². The van der Waals surface area contributed by atoms with E-state index in [2.05, 4.69) is 5.32 Å². The minimum absolute atomic E-state index is 0.0132. The van der Waals surface area contributed by atoms with Crippen molar-refractivity contribution in [2.45, 2.75) is 32.7 Å². The van der Waals surface area contributed by atoms with Crippen LogP contribution >= 0.6 is 0 Å². The van der Waals surface area contributed by atoms with Gasteiger partial charge in [0.15, 0.2) is 0 Å². The molecule has 8 nitrogen and oxygen atoms in total. The molecule has 0 radical (unpaired) electrons. The Hall–Kier alpha value is -2.90. The molecule has 2 amide bonds. The van der Waals surface area contributed by atoms with Crippen molar-refractivity contribution in [3.63, 3.8) is 0 Å². The number of esters is 2. The number of hydrogen-bond donors (Lipinski definition) is 1. The van der Waals surface area contributed by atoms with E-state index in [-0.39, 0.29) is 26.1 Å². The predicted octanol–water partition coefficient (Wildman–Crippen LogP) is 1.28. The Morgan fingerprint density at radius 2 is 1.73 bits per heavy atom. The quantitative estimate of drug-likeness (QED) is 0.496. The van der Waals surface area contributed by atoms with Crippen molar-refractivity contribution in [2.75, 3.05) is 25.2 Å². The second-order valence-corrected chi connectivity index (χ2v) is 5.38. The molecule has 1 rings (SSSR count). The van der Waals surface area contributed by atoms with Gasteiger partial charge in [-0.05, 0) is 44.5 Å². The lowest BCUT2D eigenvalue weighted by Crippen LogP contribution is -2.42. The van der Waals surface area contributed by atoms with Crippen molar-refractivity contribution in [1.29, 1.82) is 0 Å². The van der Waals surface area contributed by atoms with Crippen molar-refractivity contribution < 1.29 is 28.7 Å². The van der Waals surface area contributed by atoms with Crippen LogP contribution in [0.2, 0.25) is 0 Å². The molecule has 0 aliphatic carbocycles. The molecule has 0 aromatic heterocycles. The molecule has 0 spiro atoms. The average molecular weight is 364 g/mol. The molecule has 0 saturated carbocycles. The van der Waals surface area contributed by atoms with Crippen LogP contribution in [0.4, 0.5) is 5.69 Å². The largest absolute Gasteiger partial charge is 0.466 e. The maximum Gasteiger partial charge on any atom is 0.328 e. The molecule has 1 atom stereocenters. The van der Waals surface area contributed by atoms with Gasteiger partial charge in [-0.25, -0.2) is 4.79 Å². The summed E-state index contributed by atoms with van der Waals surface area (Å²) in [6, 6.07) is 5.35. The predicted molar refractivity (Wildman–Crippen MR) is 94.7 cm³/mol. The summed E-state index contributed by atoms with van der Waals surface area (Å²) in [5, 5.41) is 2.57. The van der Waals surface area contributed by atoms with Crippen LogP contribution in [0.25, 0.3) is 0 Å². The fourth-order valence-electron chi connectivity index (χ4n) is 2.14. The zero-order chi connectivity index (χ0) is 19.5. The van der Waals surface area contributed by atoms with Gasteiger partial charge in [0.2, 0.25) is 6.41 Å². The van der Waals surface area contributed by atoms with Crippen molar-refractivity contribution in [3.05, 3.63) is 29.8 Å². The number of ether oxygens (including phenoxy) is 2. The summed E-state index contributed by atoms with van der Waals surface area (Å²) in [7, 11) is 1.59. The van der Waals surface area contributed by atoms with Gasteiger partial charge in [-0.1, -0.05) is 0 Å². The van der Waals surface area contributed by atoms with Gasteiger partial charge in [0, 0.05) is 24.7 Å². The van der Waals surface area contributed by atoms with Gasteiger partial charge in [0.1, 0.15) is 6.04 Å². The maximum absolute atomic E-state index is 12.4. The number of carbonyl (C=O) groups excluding carboxylic acids is 4. The molecule has 0 saturated heterocycles. The van der Waals surface area contributed by atoms with Gasteiger partial charge in [-0.3, -0.25) is 14.4 Å². The van der Waals surface area contributed by atoms with Crippen LogP contribution in [0.1, 0.15) is 37.0 Å². The molecule has 0 aliphatic heterocycles. The monoisotopic (exact) mass is 364 g/mol. The lowest BCUT2D eigenvalue weighted by molar-refractivity contribution is -0.146. The number of nitrogens with one attached hydrogen (secondary N) is 1. The molecule has 142 valence electrons. The van der Waals surface area contributed by atoms with E-state index >= 15 is 0 Å². The van der Waals surface area contributed by atoms with Crippen LogP contribution in [0, 0.1) is 0 Å². The van der Waals surface area contributed by atoms with Crippen molar-refractivity contribution in [3.8, 4) is 0 Å². The first-order chi connectivity index (χ1) is 12.4. The highest BCUT2D eigenvalue weighted by Crippen LogP contribution is 2.13. The fraction of sp³-hybridized carbons (Fsp3) is 0.444. The molecule has 0 aliphatic rings. The first-order valence-corrected chi connectivity index (χ1v) is 8.34. The molecular formula is C18H24N2O6. The Morgan fingerprint density at radius 1 is 1.12 bits per heavy atom. The first kappa shape index (κ1) is 21.1. The molecular weight excluding hydrogens is 340 g/mol. The Morgan fingerprint density at radius 3 is 2.27 bits per heavy atom. The number of anilines is 1. The number of rotatable bonds is 10. The van der Waals surface area contributed by atoms with E-state index in [1.807, 2.05) is 0 Å². The summed E-state index contributed by atoms with van der Waals surface area (Å²) in [5.74, 6) is -1.54. The lowest BCUT2D eigenvalue weighted by Gasteiger charge is -2.17. The van der Waals surface area contributed by atoms with Gasteiger partial charge in [-0.15, -0.1) is 0 Å². The third kappa shape index (κ3) is 6.54. The zero-order valence-electron chi connectivity index (χ0n) is 15.2. The number of carbonyl (C=O) groups is 4. The molecule has 0 heterocycles. The van der Waals surface area contributed by atoms with Crippen molar-refractivity contribution in [1.82, 2.24) is 5.32 Å². The Labute approximate surface area is 152 Å². The standard InChI is InChI=1S/C18H24N2O6/c1-4-25-16(22)11-10-15(18(24)26-5-2)19-17(23)13-6-8-14(9-7-13)20(3)12-21/h6-9,12,15H,4-5,10-11H2,1-3H3,(H,19,23)/t15-/m0/s1. The van der Waals surface area contributed by atoms with Crippen LogP contribution in [0.3, 0.4) is 0 Å². The zero-order valence-corrected chi connectivity index (χ0v) is 15.2. The summed E-state index contributed by atoms with van der Waals surface area (Å²) >= 11 is 0. The minimum Gasteiger partial charge on any atom is -0.466 e. The second-order valence-electron chi connectivity index (χ2n) is 5.38. The molecule has 1 aromatic rings. The Kier molecular flexibility index (Phi) is 8.83. The highest BCUT2D eigenvalue weighted by Gasteiger charge is 2.24. The first-order valence-electron chi connectivity index (χ1n) is 8.34. The van der Waals surface area contributed by atoms with Crippen LogP contribution in [-0.2, 0) is 23.9 Å². The van der Waals surface area contributed by atoms with Crippen molar-refractivity contribution in [2.24, 2.45) is 0 Å². The van der Waals surface area contributed by atoms with Crippen LogP contribution in [-0.4, -0.2) is 50.6 Å². The number of hydrogen-bond acceptors (Lipinski definition) is 6. The highest BCUT2D eigenvalue weighted by molar-refractivity contribution is 5.97. The third-order valence-electron chi connectivity index (χ3n) is 3.51. The van der Waals surface area contributed by atoms with E-state index in [0.717, 1.165) is 0 Å². The topological polar surface area (TPSA) is 102 Å². The molecule has 0 bridgehead atoms. The molecule has 26 heavy (non-hydrogen) atoms. The summed E-state index contributed by atoms with van der Waals surface area (Å²) in [5.41, 5.74) is 0.944. The molecule has 0 unspecified atom stereocenters. The Balaban J connectivity index is 2.78. The van der Waals surface area contributed by atoms with E-state index in [4.69, 9.17) is 9.47 Å². The summed E-state index contributed by atoms with van der Waals surface area (Å²) in [6.07, 6.45) is 0.720.